The lowest BCUT2D eigenvalue weighted by Gasteiger charge is -2.15. The predicted octanol–water partition coefficient (Wildman–Crippen LogP) is 3.91. The monoisotopic (exact) mass is 303 g/mol. The van der Waals surface area contributed by atoms with Crippen LogP contribution in [0.25, 0.3) is 0 Å². The molecule has 1 atom stereocenters. The molecule has 19 heavy (non-hydrogen) atoms. The Bertz CT molecular complexity index is 514. The summed E-state index contributed by atoms with van der Waals surface area (Å²) in [5.41, 5.74) is 6.00. The molecule has 0 saturated heterocycles. The van der Waals surface area contributed by atoms with Gasteiger partial charge in [-0.15, -0.1) is 0 Å². The Morgan fingerprint density at radius 1 is 1.32 bits per heavy atom. The van der Waals surface area contributed by atoms with E-state index in [0.717, 1.165) is 25.7 Å². The van der Waals surface area contributed by atoms with Crippen molar-refractivity contribution in [1.29, 1.82) is 0 Å². The molecule has 0 heterocycles. The molecule has 108 valence electrons. The SMILES string of the molecule is CCCCC(CC)CS(=O)(=O)c1ccc(N)c(Cl)c1. The Labute approximate surface area is 121 Å². The summed E-state index contributed by atoms with van der Waals surface area (Å²) in [5, 5.41) is 0.294. The summed E-state index contributed by atoms with van der Waals surface area (Å²) < 4.78 is 24.7. The Hall–Kier alpha value is -0.740. The minimum Gasteiger partial charge on any atom is -0.398 e. The van der Waals surface area contributed by atoms with E-state index in [9.17, 15) is 8.42 Å². The van der Waals surface area contributed by atoms with Crippen LogP contribution in [0, 0.1) is 5.92 Å². The van der Waals surface area contributed by atoms with Crippen LogP contribution in [0.15, 0.2) is 23.1 Å². The number of anilines is 1. The number of benzene rings is 1. The zero-order valence-corrected chi connectivity index (χ0v) is 13.1. The van der Waals surface area contributed by atoms with Crippen molar-refractivity contribution in [2.24, 2.45) is 5.92 Å². The van der Waals surface area contributed by atoms with Crippen molar-refractivity contribution in [3.8, 4) is 0 Å². The molecule has 3 nitrogen and oxygen atoms in total. The maximum absolute atomic E-state index is 12.3. The van der Waals surface area contributed by atoms with Gasteiger partial charge in [-0.2, -0.15) is 0 Å². The molecule has 5 heteroatoms. The topological polar surface area (TPSA) is 60.2 Å². The van der Waals surface area contributed by atoms with Crippen LogP contribution in [0.1, 0.15) is 39.5 Å². The smallest absolute Gasteiger partial charge is 0.178 e. The molecule has 1 unspecified atom stereocenters. The minimum absolute atomic E-state index is 0.184. The maximum Gasteiger partial charge on any atom is 0.178 e. The zero-order valence-electron chi connectivity index (χ0n) is 11.5. The number of hydrogen-bond donors (Lipinski definition) is 1. The van der Waals surface area contributed by atoms with E-state index in [1.165, 1.54) is 12.1 Å². The lowest BCUT2D eigenvalue weighted by atomic mass is 10.0. The molecule has 0 saturated carbocycles. The van der Waals surface area contributed by atoms with Gasteiger partial charge in [0.05, 0.1) is 21.4 Å². The summed E-state index contributed by atoms with van der Waals surface area (Å²) in [6, 6.07) is 4.52. The summed E-state index contributed by atoms with van der Waals surface area (Å²) in [7, 11) is -3.28. The second-order valence-electron chi connectivity index (χ2n) is 4.88. The number of rotatable bonds is 7. The molecule has 2 N–H and O–H groups in total. The maximum atomic E-state index is 12.3. The molecule has 0 aliphatic rings. The fourth-order valence-electron chi connectivity index (χ4n) is 2.01. The second-order valence-corrected chi connectivity index (χ2v) is 7.32. The first-order chi connectivity index (χ1) is 8.90. The molecule has 0 fully saturated rings. The fraction of sp³-hybridized carbons (Fsp3) is 0.571. The third-order valence-electron chi connectivity index (χ3n) is 3.33. The first-order valence-corrected chi connectivity index (χ1v) is 8.71. The van der Waals surface area contributed by atoms with Crippen molar-refractivity contribution in [3.63, 3.8) is 0 Å². The third kappa shape index (κ3) is 4.69. The predicted molar refractivity (Wildman–Crippen MR) is 81.2 cm³/mol. The molecule has 0 bridgehead atoms. The summed E-state index contributed by atoms with van der Waals surface area (Å²) in [5.74, 6) is 0.394. The summed E-state index contributed by atoms with van der Waals surface area (Å²) in [6.07, 6.45) is 3.98. The Balaban J connectivity index is 2.87. The van der Waals surface area contributed by atoms with Crippen LogP contribution in [0.5, 0.6) is 0 Å². The molecule has 1 aromatic carbocycles. The van der Waals surface area contributed by atoms with Crippen LogP contribution in [-0.2, 0) is 9.84 Å². The van der Waals surface area contributed by atoms with Gasteiger partial charge in [0.1, 0.15) is 0 Å². The molecule has 0 amide bonds. The van der Waals surface area contributed by atoms with Crippen LogP contribution in [-0.4, -0.2) is 14.2 Å². The van der Waals surface area contributed by atoms with E-state index in [-0.39, 0.29) is 16.6 Å². The number of sulfone groups is 1. The van der Waals surface area contributed by atoms with Crippen molar-refractivity contribution in [2.75, 3.05) is 11.5 Å². The number of unbranched alkanes of at least 4 members (excludes halogenated alkanes) is 1. The van der Waals surface area contributed by atoms with E-state index in [4.69, 9.17) is 17.3 Å². The van der Waals surface area contributed by atoms with Gasteiger partial charge in [-0.05, 0) is 30.5 Å². The van der Waals surface area contributed by atoms with E-state index in [0.29, 0.717) is 10.7 Å². The molecular formula is C14H22ClNO2S. The Kier molecular flexibility index (Phi) is 6.14. The van der Waals surface area contributed by atoms with Crippen molar-refractivity contribution < 1.29 is 8.42 Å². The number of nitrogen functional groups attached to an aromatic ring is 1. The van der Waals surface area contributed by atoms with E-state index in [1.807, 2.05) is 6.92 Å². The number of halogens is 1. The van der Waals surface area contributed by atoms with Gasteiger partial charge in [0.2, 0.25) is 0 Å². The molecule has 0 aromatic heterocycles. The summed E-state index contributed by atoms with van der Waals surface area (Å²) in [6.45, 7) is 4.15. The number of nitrogens with two attached hydrogens (primary N) is 1. The van der Waals surface area contributed by atoms with Crippen LogP contribution in [0.3, 0.4) is 0 Å². The molecule has 1 rings (SSSR count). The fourth-order valence-corrected chi connectivity index (χ4v) is 4.04. The van der Waals surface area contributed by atoms with Gasteiger partial charge in [-0.25, -0.2) is 8.42 Å². The molecule has 0 spiro atoms. The molecule has 0 radical (unpaired) electrons. The second kappa shape index (κ2) is 7.15. The van der Waals surface area contributed by atoms with Gasteiger partial charge in [0.15, 0.2) is 9.84 Å². The zero-order chi connectivity index (χ0) is 14.5. The van der Waals surface area contributed by atoms with Gasteiger partial charge in [-0.3, -0.25) is 0 Å². The molecule has 1 aromatic rings. The lowest BCUT2D eigenvalue weighted by Crippen LogP contribution is -2.16. The lowest BCUT2D eigenvalue weighted by molar-refractivity contribution is 0.483. The molecule has 0 aliphatic carbocycles. The highest BCUT2D eigenvalue weighted by Crippen LogP contribution is 2.25. The van der Waals surface area contributed by atoms with Gasteiger partial charge in [0, 0.05) is 0 Å². The first kappa shape index (κ1) is 16.3. The normalized spacial score (nSPS) is 13.4. The van der Waals surface area contributed by atoms with Gasteiger partial charge in [0.25, 0.3) is 0 Å². The van der Waals surface area contributed by atoms with E-state index < -0.39 is 9.84 Å². The highest BCUT2D eigenvalue weighted by molar-refractivity contribution is 7.91. The van der Waals surface area contributed by atoms with Gasteiger partial charge >= 0.3 is 0 Å². The van der Waals surface area contributed by atoms with Crippen molar-refractivity contribution in [2.45, 2.75) is 44.4 Å². The van der Waals surface area contributed by atoms with Crippen LogP contribution < -0.4 is 5.73 Å². The standard InChI is InChI=1S/C14H22ClNO2S/c1-3-5-6-11(4-2)10-19(17,18)12-7-8-14(16)13(15)9-12/h7-9,11H,3-6,10,16H2,1-2H3. The third-order valence-corrected chi connectivity index (χ3v) is 5.54. The average molecular weight is 304 g/mol. The Morgan fingerprint density at radius 2 is 2.00 bits per heavy atom. The first-order valence-electron chi connectivity index (χ1n) is 6.68. The quantitative estimate of drug-likeness (QED) is 0.777. The van der Waals surface area contributed by atoms with Crippen LogP contribution in [0.2, 0.25) is 5.02 Å². The average Bonchev–Trinajstić information content (AvgIpc) is 2.37. The van der Waals surface area contributed by atoms with Crippen molar-refractivity contribution >= 4 is 27.1 Å². The van der Waals surface area contributed by atoms with E-state index in [2.05, 4.69) is 6.92 Å². The minimum atomic E-state index is -3.28. The largest absolute Gasteiger partial charge is 0.398 e. The van der Waals surface area contributed by atoms with Crippen molar-refractivity contribution in [3.05, 3.63) is 23.2 Å². The van der Waals surface area contributed by atoms with Crippen LogP contribution in [0.4, 0.5) is 5.69 Å². The Morgan fingerprint density at radius 3 is 2.53 bits per heavy atom. The van der Waals surface area contributed by atoms with Crippen molar-refractivity contribution in [1.82, 2.24) is 0 Å². The van der Waals surface area contributed by atoms with Gasteiger partial charge in [-0.1, -0.05) is 44.7 Å². The molecular weight excluding hydrogens is 282 g/mol. The number of hydrogen-bond acceptors (Lipinski definition) is 3. The van der Waals surface area contributed by atoms with E-state index >= 15 is 0 Å². The van der Waals surface area contributed by atoms with Gasteiger partial charge < -0.3 is 5.73 Å². The van der Waals surface area contributed by atoms with E-state index in [1.54, 1.807) is 6.07 Å². The van der Waals surface area contributed by atoms with Crippen LogP contribution >= 0.6 is 11.6 Å². The highest BCUT2D eigenvalue weighted by atomic mass is 35.5. The highest BCUT2D eigenvalue weighted by Gasteiger charge is 2.20. The summed E-state index contributed by atoms with van der Waals surface area (Å²) >= 11 is 5.88. The summed E-state index contributed by atoms with van der Waals surface area (Å²) in [4.78, 5) is 0.265. The molecule has 0 aliphatic heterocycles.